The molecule has 6 aromatic rings. The Morgan fingerprint density at radius 3 is 1.50 bits per heavy atom. The van der Waals surface area contributed by atoms with Crippen molar-refractivity contribution in [1.29, 1.82) is 0 Å². The van der Waals surface area contributed by atoms with Gasteiger partial charge in [-0.15, -0.1) is 0 Å². The Bertz CT molecular complexity index is 2630. The molecule has 8 nitrogen and oxygen atoms in total. The number of hydrogen-bond acceptors (Lipinski definition) is 6. The summed E-state index contributed by atoms with van der Waals surface area (Å²) in [5.41, 5.74) is 3.01. The highest BCUT2D eigenvalue weighted by Gasteiger charge is 2.52. The molecule has 7 rings (SSSR count). The lowest BCUT2D eigenvalue weighted by Gasteiger charge is -2.32. The van der Waals surface area contributed by atoms with Gasteiger partial charge >= 0.3 is 7.12 Å². The number of rotatable bonds is 3. The van der Waals surface area contributed by atoms with E-state index in [1.165, 1.54) is 21.5 Å². The van der Waals surface area contributed by atoms with Crippen LogP contribution in [-0.4, -0.2) is 37.9 Å². The molecule has 292 valence electrons. The van der Waals surface area contributed by atoms with E-state index in [4.69, 9.17) is 9.31 Å². The van der Waals surface area contributed by atoms with Crippen molar-refractivity contribution in [2.24, 2.45) is 0 Å². The van der Waals surface area contributed by atoms with Crippen LogP contribution in [0.5, 0.6) is 0 Å². The maximum absolute atomic E-state index is 15.0. The molecule has 0 aliphatic carbocycles. The first-order valence-electron chi connectivity index (χ1n) is 18.6. The average molecular weight is 826 g/mol. The van der Waals surface area contributed by atoms with Gasteiger partial charge in [0.15, 0.2) is 0 Å². The summed E-state index contributed by atoms with van der Waals surface area (Å²) in [5, 5.41) is 9.76. The number of aromatic nitrogens is 4. The van der Waals surface area contributed by atoms with Crippen molar-refractivity contribution < 1.29 is 18.1 Å². The smallest absolute Gasteiger partial charge is 0.399 e. The molecule has 1 saturated heterocycles. The molecule has 0 atom stereocenters. The fraction of sp³-hybridized carbons (Fsp3) is 0.364. The van der Waals surface area contributed by atoms with E-state index in [2.05, 4.69) is 26.1 Å². The van der Waals surface area contributed by atoms with Crippen molar-refractivity contribution in [1.82, 2.24) is 19.6 Å². The molecule has 12 heteroatoms. The summed E-state index contributed by atoms with van der Waals surface area (Å²) in [6, 6.07) is 17.6. The molecule has 0 radical (unpaired) electrons. The van der Waals surface area contributed by atoms with Crippen LogP contribution in [0.1, 0.15) is 91.5 Å². The van der Waals surface area contributed by atoms with E-state index in [1.807, 2.05) is 119 Å². The maximum Gasteiger partial charge on any atom is 0.495 e. The first-order chi connectivity index (χ1) is 25.9. The zero-order valence-electron chi connectivity index (χ0n) is 34.1. The Balaban J connectivity index is 0.000000198. The SMILES string of the molecule is Cc1c(B2OC(C)(C)C(C)(C)O2)cccc1-n1ncc2cc(C(C)(C)C)cc(F)c2c1=O.Cc1c(Br)cccc1-n1ncc2cc(C(C)(C)C)cc(F)c2c1=O. The zero-order chi connectivity index (χ0) is 41.3. The van der Waals surface area contributed by atoms with E-state index in [0.29, 0.717) is 22.1 Å². The van der Waals surface area contributed by atoms with E-state index in [9.17, 15) is 14.0 Å². The molecule has 4 aromatic carbocycles. The number of nitrogens with zero attached hydrogens (tertiary/aromatic N) is 4. The normalized spacial score (nSPS) is 15.3. The summed E-state index contributed by atoms with van der Waals surface area (Å²) >= 11 is 3.45. The third kappa shape index (κ3) is 7.51. The molecular formula is C44H48BBrF2N4O4. The van der Waals surface area contributed by atoms with Crippen LogP contribution >= 0.6 is 15.9 Å². The third-order valence-corrected chi connectivity index (χ3v) is 11.8. The molecule has 3 heterocycles. The van der Waals surface area contributed by atoms with Crippen molar-refractivity contribution in [2.45, 2.75) is 105 Å². The fourth-order valence-corrected chi connectivity index (χ4v) is 6.95. The third-order valence-electron chi connectivity index (χ3n) is 11.0. The summed E-state index contributed by atoms with van der Waals surface area (Å²) < 4.78 is 45.5. The van der Waals surface area contributed by atoms with Gasteiger partial charge in [-0.05, 0) is 123 Å². The first-order valence-corrected chi connectivity index (χ1v) is 19.4. The topological polar surface area (TPSA) is 88.2 Å². The van der Waals surface area contributed by atoms with Crippen LogP contribution in [0.15, 0.2) is 87.1 Å². The van der Waals surface area contributed by atoms with Crippen LogP contribution in [0.4, 0.5) is 8.78 Å². The molecule has 0 amide bonds. The first kappa shape index (κ1) is 41.1. The molecule has 0 N–H and O–H groups in total. The van der Waals surface area contributed by atoms with Gasteiger partial charge in [-0.1, -0.05) is 75.7 Å². The Labute approximate surface area is 335 Å². The van der Waals surface area contributed by atoms with Crippen LogP contribution in [0, 0.1) is 25.5 Å². The van der Waals surface area contributed by atoms with Crippen molar-refractivity contribution in [3.8, 4) is 11.4 Å². The predicted octanol–water partition coefficient (Wildman–Crippen LogP) is 9.32. The van der Waals surface area contributed by atoms with E-state index in [0.717, 1.165) is 32.2 Å². The van der Waals surface area contributed by atoms with Crippen molar-refractivity contribution >= 4 is 50.1 Å². The molecule has 2 aromatic heterocycles. The van der Waals surface area contributed by atoms with Crippen LogP contribution in [0.25, 0.3) is 32.9 Å². The Morgan fingerprint density at radius 1 is 0.661 bits per heavy atom. The summed E-state index contributed by atoms with van der Waals surface area (Å²) in [6.07, 6.45) is 3.10. The van der Waals surface area contributed by atoms with E-state index < -0.39 is 41.1 Å². The Hall–Kier alpha value is -4.52. The van der Waals surface area contributed by atoms with E-state index >= 15 is 4.39 Å². The molecule has 1 fully saturated rings. The minimum atomic E-state index is -0.567. The highest BCUT2D eigenvalue weighted by molar-refractivity contribution is 9.10. The predicted molar refractivity (Wildman–Crippen MR) is 225 cm³/mol. The van der Waals surface area contributed by atoms with Gasteiger partial charge in [-0.2, -0.15) is 19.6 Å². The summed E-state index contributed by atoms with van der Waals surface area (Å²) in [6.45, 7) is 23.8. The second-order valence-electron chi connectivity index (χ2n) is 17.5. The number of hydrogen-bond donors (Lipinski definition) is 0. The Kier molecular flexibility index (Phi) is 10.6. The van der Waals surface area contributed by atoms with Gasteiger partial charge in [0.2, 0.25) is 0 Å². The van der Waals surface area contributed by atoms with Gasteiger partial charge in [-0.25, -0.2) is 8.78 Å². The summed E-state index contributed by atoms with van der Waals surface area (Å²) in [4.78, 5) is 26.1. The molecule has 56 heavy (non-hydrogen) atoms. The molecule has 1 aliphatic heterocycles. The van der Waals surface area contributed by atoms with Gasteiger partial charge in [-0.3, -0.25) is 9.59 Å². The molecular weight excluding hydrogens is 777 g/mol. The molecule has 0 spiro atoms. The lowest BCUT2D eigenvalue weighted by atomic mass is 9.76. The zero-order valence-corrected chi connectivity index (χ0v) is 35.6. The van der Waals surface area contributed by atoms with Crippen molar-refractivity contribution in [3.63, 3.8) is 0 Å². The monoisotopic (exact) mass is 824 g/mol. The summed E-state index contributed by atoms with van der Waals surface area (Å²) in [5.74, 6) is -1.04. The van der Waals surface area contributed by atoms with Gasteiger partial charge in [0.25, 0.3) is 11.1 Å². The van der Waals surface area contributed by atoms with Gasteiger partial charge in [0, 0.05) is 15.2 Å². The average Bonchev–Trinajstić information content (AvgIpc) is 3.31. The number of fused-ring (bicyclic) bond motifs is 2. The fourth-order valence-electron chi connectivity index (χ4n) is 6.60. The van der Waals surface area contributed by atoms with Crippen LogP contribution in [0.2, 0.25) is 0 Å². The second-order valence-corrected chi connectivity index (χ2v) is 18.4. The molecule has 0 unspecified atom stereocenters. The molecule has 1 aliphatic rings. The number of benzene rings is 4. The van der Waals surface area contributed by atoms with Crippen LogP contribution in [0.3, 0.4) is 0 Å². The van der Waals surface area contributed by atoms with Crippen molar-refractivity contribution in [2.75, 3.05) is 0 Å². The molecule has 0 bridgehead atoms. The van der Waals surface area contributed by atoms with Gasteiger partial charge in [0.1, 0.15) is 11.6 Å². The minimum Gasteiger partial charge on any atom is -0.399 e. The molecule has 0 saturated carbocycles. The lowest BCUT2D eigenvalue weighted by Crippen LogP contribution is -2.41. The van der Waals surface area contributed by atoms with Crippen LogP contribution in [-0.2, 0) is 20.1 Å². The highest BCUT2D eigenvalue weighted by Crippen LogP contribution is 2.37. The highest BCUT2D eigenvalue weighted by atomic mass is 79.9. The van der Waals surface area contributed by atoms with E-state index in [1.54, 1.807) is 24.5 Å². The van der Waals surface area contributed by atoms with Crippen LogP contribution < -0.4 is 16.6 Å². The van der Waals surface area contributed by atoms with Crippen molar-refractivity contribution in [3.05, 3.63) is 132 Å². The second kappa shape index (κ2) is 14.5. The Morgan fingerprint density at radius 2 is 1.07 bits per heavy atom. The number of halogens is 3. The minimum absolute atomic E-state index is 0.0356. The van der Waals surface area contributed by atoms with E-state index in [-0.39, 0.29) is 21.6 Å². The van der Waals surface area contributed by atoms with Gasteiger partial charge in [0.05, 0.1) is 45.7 Å². The maximum atomic E-state index is 15.0. The standard InChI is InChI=1S/C25H30BFN2O3.C19H18BrFN2O/c1-15-18(26-31-24(5,6)25(7,8)32-26)10-9-11-20(15)29-22(30)21-16(14-28-29)12-17(13-19(21)27)23(2,3)4;1-11-14(20)6-5-7-16(11)23-18(24)17-12(10-22-23)8-13(9-15(17)21)19(2,3)4/h9-14H,1-8H3;5-10H,1-4H3. The largest absolute Gasteiger partial charge is 0.495 e. The van der Waals surface area contributed by atoms with Gasteiger partial charge < -0.3 is 9.31 Å². The summed E-state index contributed by atoms with van der Waals surface area (Å²) in [7, 11) is -0.567. The lowest BCUT2D eigenvalue weighted by molar-refractivity contribution is 0.00578. The quantitative estimate of drug-likeness (QED) is 0.166.